The summed E-state index contributed by atoms with van der Waals surface area (Å²) in [5.41, 5.74) is -0.656. The lowest BCUT2D eigenvalue weighted by Gasteiger charge is -2.38. The van der Waals surface area contributed by atoms with E-state index in [2.05, 4.69) is 4.90 Å². The molecule has 1 heterocycles. The van der Waals surface area contributed by atoms with Gasteiger partial charge in [0, 0.05) is 12.6 Å². The third kappa shape index (κ3) is 2.38. The molecule has 1 fully saturated rings. The summed E-state index contributed by atoms with van der Waals surface area (Å²) in [6.45, 7) is 8.14. The van der Waals surface area contributed by atoms with E-state index in [9.17, 15) is 9.90 Å². The van der Waals surface area contributed by atoms with Gasteiger partial charge in [-0.05, 0) is 39.7 Å². The number of carbonyl (C=O) groups is 1. The average Bonchev–Trinajstić information content (AvgIpc) is 2.70. The summed E-state index contributed by atoms with van der Waals surface area (Å²) < 4.78 is 5.39. The molecule has 0 bridgehead atoms. The molecule has 1 aliphatic heterocycles. The fourth-order valence-electron chi connectivity index (χ4n) is 2.68. The fourth-order valence-corrected chi connectivity index (χ4v) is 2.68. The van der Waals surface area contributed by atoms with Crippen molar-refractivity contribution in [2.24, 2.45) is 0 Å². The first-order valence-electron chi connectivity index (χ1n) is 6.16. The fraction of sp³-hybridized carbons (Fsp3) is 0.917. The number of carboxylic acid groups (broad SMARTS) is 1. The lowest BCUT2D eigenvalue weighted by Crippen LogP contribution is -2.54. The smallest absolute Gasteiger partial charge is 0.324 e. The minimum Gasteiger partial charge on any atom is -0.480 e. The standard InChI is InChI=1S/C12H23NO3/c1-4-12(11(14)15)7-6-8-13(12)10(3)9-16-5-2/h10H,4-9H2,1-3H3,(H,14,15). The Kier molecular flexibility index (Phi) is 4.74. The van der Waals surface area contributed by atoms with Gasteiger partial charge in [0.2, 0.25) is 0 Å². The number of hydrogen-bond donors (Lipinski definition) is 1. The first kappa shape index (κ1) is 13.5. The highest BCUT2D eigenvalue weighted by molar-refractivity contribution is 5.79. The molecule has 1 saturated heterocycles. The van der Waals surface area contributed by atoms with E-state index >= 15 is 0 Å². The molecule has 1 rings (SSSR count). The summed E-state index contributed by atoms with van der Waals surface area (Å²) in [5.74, 6) is -0.684. The van der Waals surface area contributed by atoms with Crippen molar-refractivity contribution in [1.82, 2.24) is 4.90 Å². The second-order valence-electron chi connectivity index (χ2n) is 4.50. The number of rotatable bonds is 6. The van der Waals surface area contributed by atoms with Crippen LogP contribution in [0.25, 0.3) is 0 Å². The lowest BCUT2D eigenvalue weighted by atomic mass is 9.92. The SMILES string of the molecule is CCOCC(C)N1CCCC1(CC)C(=O)O. The van der Waals surface area contributed by atoms with E-state index in [1.807, 2.05) is 20.8 Å². The van der Waals surface area contributed by atoms with E-state index in [4.69, 9.17) is 4.74 Å². The molecule has 16 heavy (non-hydrogen) atoms. The van der Waals surface area contributed by atoms with Crippen LogP contribution in [0.2, 0.25) is 0 Å². The molecule has 0 aromatic heterocycles. The number of carboxylic acids is 1. The Morgan fingerprint density at radius 3 is 2.75 bits per heavy atom. The molecule has 94 valence electrons. The van der Waals surface area contributed by atoms with Gasteiger partial charge in [0.15, 0.2) is 0 Å². The van der Waals surface area contributed by atoms with Gasteiger partial charge in [-0.15, -0.1) is 0 Å². The van der Waals surface area contributed by atoms with Crippen LogP contribution in [0.4, 0.5) is 0 Å². The van der Waals surface area contributed by atoms with Crippen molar-refractivity contribution in [2.75, 3.05) is 19.8 Å². The van der Waals surface area contributed by atoms with Gasteiger partial charge in [-0.2, -0.15) is 0 Å². The average molecular weight is 229 g/mol. The summed E-state index contributed by atoms with van der Waals surface area (Å²) in [6.07, 6.45) is 2.39. The number of aliphatic carboxylic acids is 1. The zero-order valence-corrected chi connectivity index (χ0v) is 10.5. The van der Waals surface area contributed by atoms with Crippen molar-refractivity contribution in [3.05, 3.63) is 0 Å². The molecular formula is C12H23NO3. The molecule has 4 heteroatoms. The molecule has 0 aromatic carbocycles. The van der Waals surface area contributed by atoms with Crippen LogP contribution in [-0.4, -0.2) is 47.3 Å². The summed E-state index contributed by atoms with van der Waals surface area (Å²) in [5, 5.41) is 9.43. The Morgan fingerprint density at radius 1 is 1.56 bits per heavy atom. The van der Waals surface area contributed by atoms with Gasteiger partial charge in [-0.3, -0.25) is 9.69 Å². The molecule has 1 aliphatic rings. The van der Waals surface area contributed by atoms with Crippen molar-refractivity contribution < 1.29 is 14.6 Å². The topological polar surface area (TPSA) is 49.8 Å². The van der Waals surface area contributed by atoms with Crippen molar-refractivity contribution >= 4 is 5.97 Å². The first-order chi connectivity index (χ1) is 7.58. The van der Waals surface area contributed by atoms with Gasteiger partial charge in [-0.1, -0.05) is 6.92 Å². The number of likely N-dealkylation sites (tertiary alicyclic amines) is 1. The Bertz CT molecular complexity index is 244. The van der Waals surface area contributed by atoms with E-state index < -0.39 is 11.5 Å². The highest BCUT2D eigenvalue weighted by atomic mass is 16.5. The predicted molar refractivity (Wildman–Crippen MR) is 62.6 cm³/mol. The van der Waals surface area contributed by atoms with Crippen molar-refractivity contribution in [2.45, 2.75) is 51.6 Å². The molecule has 2 atom stereocenters. The molecule has 1 N–H and O–H groups in total. The maximum atomic E-state index is 11.5. The van der Waals surface area contributed by atoms with Gasteiger partial charge in [0.05, 0.1) is 6.61 Å². The second-order valence-corrected chi connectivity index (χ2v) is 4.50. The minimum absolute atomic E-state index is 0.179. The minimum atomic E-state index is -0.684. The Balaban J connectivity index is 2.73. The maximum Gasteiger partial charge on any atom is 0.324 e. The van der Waals surface area contributed by atoms with E-state index in [-0.39, 0.29) is 6.04 Å². The molecule has 0 amide bonds. The van der Waals surface area contributed by atoms with E-state index in [0.717, 1.165) is 19.4 Å². The lowest BCUT2D eigenvalue weighted by molar-refractivity contribution is -0.152. The molecule has 0 spiro atoms. The van der Waals surface area contributed by atoms with Crippen LogP contribution in [0.3, 0.4) is 0 Å². The quantitative estimate of drug-likeness (QED) is 0.753. The van der Waals surface area contributed by atoms with E-state index in [0.29, 0.717) is 19.6 Å². The van der Waals surface area contributed by atoms with Crippen molar-refractivity contribution in [1.29, 1.82) is 0 Å². The van der Waals surface area contributed by atoms with Crippen LogP contribution >= 0.6 is 0 Å². The van der Waals surface area contributed by atoms with Crippen molar-refractivity contribution in [3.8, 4) is 0 Å². The number of hydrogen-bond acceptors (Lipinski definition) is 3. The van der Waals surface area contributed by atoms with Crippen LogP contribution < -0.4 is 0 Å². The number of ether oxygens (including phenoxy) is 1. The van der Waals surface area contributed by atoms with Gasteiger partial charge in [-0.25, -0.2) is 0 Å². The monoisotopic (exact) mass is 229 g/mol. The Morgan fingerprint density at radius 2 is 2.25 bits per heavy atom. The maximum absolute atomic E-state index is 11.5. The summed E-state index contributed by atoms with van der Waals surface area (Å²) in [7, 11) is 0. The summed E-state index contributed by atoms with van der Waals surface area (Å²) in [4.78, 5) is 13.6. The van der Waals surface area contributed by atoms with Crippen LogP contribution in [0.1, 0.15) is 40.0 Å². The van der Waals surface area contributed by atoms with Crippen LogP contribution in [0.15, 0.2) is 0 Å². The number of nitrogens with zero attached hydrogens (tertiary/aromatic N) is 1. The zero-order valence-electron chi connectivity index (χ0n) is 10.5. The van der Waals surface area contributed by atoms with Gasteiger partial charge in [0.25, 0.3) is 0 Å². The van der Waals surface area contributed by atoms with Gasteiger partial charge in [0.1, 0.15) is 5.54 Å². The molecule has 4 nitrogen and oxygen atoms in total. The first-order valence-corrected chi connectivity index (χ1v) is 6.16. The second kappa shape index (κ2) is 5.64. The molecular weight excluding hydrogens is 206 g/mol. The van der Waals surface area contributed by atoms with Crippen LogP contribution in [0, 0.1) is 0 Å². The van der Waals surface area contributed by atoms with Gasteiger partial charge >= 0.3 is 5.97 Å². The summed E-state index contributed by atoms with van der Waals surface area (Å²) in [6, 6.07) is 0.179. The van der Waals surface area contributed by atoms with E-state index in [1.54, 1.807) is 0 Å². The molecule has 0 aromatic rings. The highest BCUT2D eigenvalue weighted by Gasteiger charge is 2.47. The zero-order chi connectivity index (χ0) is 12.2. The molecule has 0 radical (unpaired) electrons. The van der Waals surface area contributed by atoms with Crippen LogP contribution in [0.5, 0.6) is 0 Å². The van der Waals surface area contributed by atoms with Crippen LogP contribution in [-0.2, 0) is 9.53 Å². The predicted octanol–water partition coefficient (Wildman–Crippen LogP) is 1.74. The highest BCUT2D eigenvalue weighted by Crippen LogP contribution is 2.34. The normalized spacial score (nSPS) is 28.2. The third-order valence-electron chi connectivity index (χ3n) is 3.62. The Labute approximate surface area is 97.6 Å². The largest absolute Gasteiger partial charge is 0.480 e. The Hall–Kier alpha value is -0.610. The van der Waals surface area contributed by atoms with Gasteiger partial charge < -0.3 is 9.84 Å². The molecule has 0 aliphatic carbocycles. The van der Waals surface area contributed by atoms with Crippen molar-refractivity contribution in [3.63, 3.8) is 0 Å². The molecule has 0 saturated carbocycles. The molecule has 2 unspecified atom stereocenters. The van der Waals surface area contributed by atoms with E-state index in [1.165, 1.54) is 0 Å². The third-order valence-corrected chi connectivity index (χ3v) is 3.62. The summed E-state index contributed by atoms with van der Waals surface area (Å²) >= 11 is 0.